The minimum atomic E-state index is -0.830. The molecule has 0 heterocycles. The van der Waals surface area contributed by atoms with Crippen molar-refractivity contribution in [3.05, 3.63) is 0 Å². The van der Waals surface area contributed by atoms with Crippen molar-refractivity contribution < 1.29 is 42.7 Å². The molecule has 0 spiro atoms. The van der Waals surface area contributed by atoms with E-state index in [0.717, 1.165) is 13.0 Å². The first kappa shape index (κ1) is 30.5. The highest BCUT2D eigenvalue weighted by atomic mass is 35.5. The van der Waals surface area contributed by atoms with Gasteiger partial charge in [0.25, 0.3) is 0 Å². The lowest BCUT2D eigenvalue weighted by atomic mass is 10.2. The first-order chi connectivity index (χ1) is 15.3. The Morgan fingerprint density at radius 3 is 1.13 bits per heavy atom. The average molecular weight is 473 g/mol. The molecule has 0 rings (SSSR count). The second kappa shape index (κ2) is 27.5. The minimum absolute atomic E-state index is 0.138. The van der Waals surface area contributed by atoms with Crippen molar-refractivity contribution in [2.24, 2.45) is 0 Å². The molecule has 31 heavy (non-hydrogen) atoms. The molecular formula is C21H41ClO9. The van der Waals surface area contributed by atoms with Gasteiger partial charge in [0.15, 0.2) is 0 Å². The largest absolute Gasteiger partial charge is 0.451 e. The number of carbonyl (C=O) groups excluding carboxylic acids is 1. The molecule has 0 saturated heterocycles. The van der Waals surface area contributed by atoms with Gasteiger partial charge in [0, 0.05) is 18.2 Å². The first-order valence-electron chi connectivity index (χ1n) is 11.1. The Hall–Kier alpha value is -0.520. The topological polar surface area (TPSA) is 90.9 Å². The van der Waals surface area contributed by atoms with Crippen LogP contribution in [0.15, 0.2) is 0 Å². The normalized spacial score (nSPS) is 11.2. The van der Waals surface area contributed by atoms with Gasteiger partial charge < -0.3 is 37.9 Å². The van der Waals surface area contributed by atoms with Crippen molar-refractivity contribution in [3.8, 4) is 0 Å². The lowest BCUT2D eigenvalue weighted by Gasteiger charge is -2.08. The van der Waals surface area contributed by atoms with Crippen LogP contribution in [0.4, 0.5) is 4.79 Å². The highest BCUT2D eigenvalue weighted by Crippen LogP contribution is 1.98. The summed E-state index contributed by atoms with van der Waals surface area (Å²) in [5.41, 5.74) is -0.830. The molecule has 10 heteroatoms. The van der Waals surface area contributed by atoms with Gasteiger partial charge in [0.05, 0.1) is 85.9 Å². The quantitative estimate of drug-likeness (QED) is 0.139. The van der Waals surface area contributed by atoms with Gasteiger partial charge >= 0.3 is 5.43 Å². The minimum Gasteiger partial charge on any atom is -0.451 e. The summed E-state index contributed by atoms with van der Waals surface area (Å²) in [6.45, 7) is 9.72. The number of hydrogen-bond acceptors (Lipinski definition) is 9. The van der Waals surface area contributed by atoms with Crippen LogP contribution in [0, 0.1) is 0 Å². The molecule has 0 amide bonds. The van der Waals surface area contributed by atoms with Crippen LogP contribution in [-0.4, -0.2) is 105 Å². The lowest BCUT2D eigenvalue weighted by Crippen LogP contribution is -2.15. The van der Waals surface area contributed by atoms with E-state index in [-0.39, 0.29) is 6.61 Å². The van der Waals surface area contributed by atoms with Crippen molar-refractivity contribution in [2.75, 3.05) is 99.1 Å². The fourth-order valence-electron chi connectivity index (χ4n) is 2.23. The standard InChI is InChI=1S/C21H41ClO9/c1-2-3-4-5-6-24-7-8-25-9-10-26-11-12-27-13-14-28-15-16-29-17-18-30-19-20-31-21(22)23/h2-20H2,1H3. The van der Waals surface area contributed by atoms with Crippen LogP contribution in [0.5, 0.6) is 0 Å². The zero-order valence-electron chi connectivity index (χ0n) is 19.0. The van der Waals surface area contributed by atoms with E-state index in [9.17, 15) is 4.79 Å². The van der Waals surface area contributed by atoms with Gasteiger partial charge in [0.2, 0.25) is 0 Å². The Bertz CT molecular complexity index is 362. The molecule has 0 aromatic rings. The van der Waals surface area contributed by atoms with Crippen LogP contribution < -0.4 is 0 Å². The van der Waals surface area contributed by atoms with Crippen molar-refractivity contribution in [1.29, 1.82) is 0 Å². The van der Waals surface area contributed by atoms with Crippen LogP contribution in [-0.2, 0) is 37.9 Å². The molecule has 0 aliphatic heterocycles. The summed E-state index contributed by atoms with van der Waals surface area (Å²) in [5, 5.41) is 0. The maximum atomic E-state index is 10.3. The van der Waals surface area contributed by atoms with Crippen molar-refractivity contribution in [2.45, 2.75) is 32.6 Å². The molecule has 0 bridgehead atoms. The zero-order chi connectivity index (χ0) is 22.7. The molecule has 0 unspecified atom stereocenters. The summed E-state index contributed by atoms with van der Waals surface area (Å²) in [6.07, 6.45) is 4.89. The molecule has 9 nitrogen and oxygen atoms in total. The molecule has 0 N–H and O–H groups in total. The third kappa shape index (κ3) is 29.5. The van der Waals surface area contributed by atoms with Crippen LogP contribution in [0.25, 0.3) is 0 Å². The summed E-state index contributed by atoms with van der Waals surface area (Å²) >= 11 is 5.01. The third-order valence-corrected chi connectivity index (χ3v) is 3.93. The summed E-state index contributed by atoms with van der Waals surface area (Å²) in [5.74, 6) is 0. The third-order valence-electron chi connectivity index (χ3n) is 3.82. The van der Waals surface area contributed by atoms with Crippen molar-refractivity contribution in [1.82, 2.24) is 0 Å². The van der Waals surface area contributed by atoms with E-state index in [0.29, 0.717) is 85.9 Å². The Balaban J connectivity index is 3.00. The van der Waals surface area contributed by atoms with E-state index in [1.807, 2.05) is 0 Å². The van der Waals surface area contributed by atoms with Crippen molar-refractivity contribution in [3.63, 3.8) is 0 Å². The van der Waals surface area contributed by atoms with Gasteiger partial charge in [-0.1, -0.05) is 26.2 Å². The monoisotopic (exact) mass is 472 g/mol. The molecule has 0 fully saturated rings. The second-order valence-electron chi connectivity index (χ2n) is 6.43. The number of unbranched alkanes of at least 4 members (excludes halogenated alkanes) is 3. The maximum Gasteiger partial charge on any atom is 0.403 e. The molecule has 0 radical (unpaired) electrons. The number of halogens is 1. The van der Waals surface area contributed by atoms with E-state index in [2.05, 4.69) is 11.7 Å². The maximum absolute atomic E-state index is 10.3. The smallest absolute Gasteiger partial charge is 0.403 e. The molecule has 0 saturated carbocycles. The second-order valence-corrected chi connectivity index (χ2v) is 6.74. The van der Waals surface area contributed by atoms with E-state index in [4.69, 9.17) is 44.8 Å². The Labute approximate surface area is 191 Å². The van der Waals surface area contributed by atoms with Crippen LogP contribution in [0.1, 0.15) is 32.6 Å². The molecule has 0 aliphatic rings. The molecular weight excluding hydrogens is 432 g/mol. The highest BCUT2D eigenvalue weighted by molar-refractivity contribution is 6.61. The summed E-state index contributed by atoms with van der Waals surface area (Å²) in [7, 11) is 0. The Morgan fingerprint density at radius 1 is 0.484 bits per heavy atom. The van der Waals surface area contributed by atoms with E-state index >= 15 is 0 Å². The molecule has 0 atom stereocenters. The van der Waals surface area contributed by atoms with Gasteiger partial charge in [-0.3, -0.25) is 0 Å². The van der Waals surface area contributed by atoms with Gasteiger partial charge in [-0.15, -0.1) is 0 Å². The Morgan fingerprint density at radius 2 is 0.806 bits per heavy atom. The zero-order valence-corrected chi connectivity index (χ0v) is 19.7. The van der Waals surface area contributed by atoms with Crippen LogP contribution >= 0.6 is 11.6 Å². The molecule has 0 aliphatic carbocycles. The predicted molar refractivity (Wildman–Crippen MR) is 117 cm³/mol. The summed E-state index contributed by atoms with van der Waals surface area (Å²) in [4.78, 5) is 10.3. The molecule has 186 valence electrons. The summed E-state index contributed by atoms with van der Waals surface area (Å²) in [6, 6.07) is 0. The first-order valence-corrected chi connectivity index (χ1v) is 11.5. The van der Waals surface area contributed by atoms with Gasteiger partial charge in [-0.25, -0.2) is 4.79 Å². The Kier molecular flexibility index (Phi) is 27.1. The van der Waals surface area contributed by atoms with Crippen LogP contribution in [0.2, 0.25) is 0 Å². The number of carbonyl (C=O) groups is 1. The molecule has 0 aromatic carbocycles. The van der Waals surface area contributed by atoms with Crippen LogP contribution in [0.3, 0.4) is 0 Å². The van der Waals surface area contributed by atoms with E-state index in [1.165, 1.54) is 19.3 Å². The predicted octanol–water partition coefficient (Wildman–Crippen LogP) is 3.06. The van der Waals surface area contributed by atoms with Crippen molar-refractivity contribution >= 4 is 17.0 Å². The van der Waals surface area contributed by atoms with E-state index in [1.54, 1.807) is 0 Å². The fraction of sp³-hybridized carbons (Fsp3) is 0.952. The van der Waals surface area contributed by atoms with E-state index < -0.39 is 5.43 Å². The highest BCUT2D eigenvalue weighted by Gasteiger charge is 1.96. The van der Waals surface area contributed by atoms with Gasteiger partial charge in [0.1, 0.15) is 6.61 Å². The SMILES string of the molecule is CCCCCCOCCOCCOCCOCCOCCOCCOCCOC(=O)Cl. The number of rotatable bonds is 26. The average Bonchev–Trinajstić information content (AvgIpc) is 2.76. The lowest BCUT2D eigenvalue weighted by molar-refractivity contribution is -0.0216. The molecule has 0 aromatic heterocycles. The summed E-state index contributed by atoms with van der Waals surface area (Å²) < 4.78 is 42.2. The fourth-order valence-corrected chi connectivity index (χ4v) is 2.31. The van der Waals surface area contributed by atoms with Gasteiger partial charge in [-0.05, 0) is 6.42 Å². The number of hydrogen-bond donors (Lipinski definition) is 0. The number of ether oxygens (including phenoxy) is 8. The van der Waals surface area contributed by atoms with Gasteiger partial charge in [-0.2, -0.15) is 0 Å².